The lowest BCUT2D eigenvalue weighted by atomic mass is 9.77. The Balaban J connectivity index is 1.22. The number of benzene rings is 5. The molecule has 0 saturated heterocycles. The van der Waals surface area contributed by atoms with Gasteiger partial charge in [-0.2, -0.15) is 4.63 Å². The molecule has 252 valence electrons. The number of hydrogen-bond donors (Lipinski definition) is 0. The molecule has 8 rings (SSSR count). The maximum Gasteiger partial charge on any atom is 0.184 e. The molecule has 0 radical (unpaired) electrons. The summed E-state index contributed by atoms with van der Waals surface area (Å²) in [6.07, 6.45) is 4.08. The van der Waals surface area contributed by atoms with Crippen molar-refractivity contribution < 1.29 is 0 Å². The van der Waals surface area contributed by atoms with Crippen molar-refractivity contribution in [1.29, 1.82) is 0 Å². The number of tetrazole rings is 1. The third kappa shape index (κ3) is 5.82. The fraction of sp³-hybridized carbons (Fsp3) is 0.186. The normalized spacial score (nSPS) is 11.7. The summed E-state index contributed by atoms with van der Waals surface area (Å²) in [5.41, 5.74) is 8.82. The van der Waals surface area contributed by atoms with Gasteiger partial charge in [-0.05, 0) is 56.6 Å². The monoisotopic (exact) mass is 668 g/mol. The van der Waals surface area contributed by atoms with E-state index in [-0.39, 0.29) is 0 Å². The minimum absolute atomic E-state index is 0.680. The van der Waals surface area contributed by atoms with E-state index in [0.29, 0.717) is 12.4 Å². The van der Waals surface area contributed by atoms with Gasteiger partial charge in [-0.3, -0.25) is 4.68 Å². The smallest absolute Gasteiger partial charge is 0.184 e. The van der Waals surface area contributed by atoms with E-state index in [0.717, 1.165) is 70.5 Å². The maximum absolute atomic E-state index is 4.80. The van der Waals surface area contributed by atoms with Gasteiger partial charge in [-0.1, -0.05) is 160 Å². The summed E-state index contributed by atoms with van der Waals surface area (Å²) in [6.45, 7) is 5.03. The van der Waals surface area contributed by atoms with E-state index >= 15 is 0 Å². The van der Waals surface area contributed by atoms with Crippen molar-refractivity contribution >= 4 is 5.65 Å². The molecule has 3 heterocycles. The highest BCUT2D eigenvalue weighted by molar-refractivity contribution is 5.81. The summed E-state index contributed by atoms with van der Waals surface area (Å²) < 4.78 is 6.24. The van der Waals surface area contributed by atoms with E-state index in [1.165, 1.54) is 11.3 Å². The van der Waals surface area contributed by atoms with Crippen LogP contribution in [0.4, 0.5) is 0 Å². The summed E-state index contributed by atoms with van der Waals surface area (Å²) in [6, 6.07) is 50.9. The number of unbranched alkanes of at least 4 members (excludes halogenated alkanes) is 1. The molecule has 3 aromatic heterocycles. The van der Waals surface area contributed by atoms with Gasteiger partial charge in [0, 0.05) is 23.7 Å². The van der Waals surface area contributed by atoms with Crippen molar-refractivity contribution in [1.82, 2.24) is 39.6 Å². The molecule has 5 aromatic carbocycles. The Morgan fingerprint density at radius 1 is 0.647 bits per heavy atom. The zero-order valence-corrected chi connectivity index (χ0v) is 29.0. The molecule has 0 saturated carbocycles. The van der Waals surface area contributed by atoms with Crippen LogP contribution in [0.15, 0.2) is 146 Å². The molecule has 0 atom stereocenters. The lowest BCUT2D eigenvalue weighted by molar-refractivity contribution is 0.451. The Bertz CT molecular complexity index is 2260. The van der Waals surface area contributed by atoms with E-state index in [1.54, 1.807) is 0 Å². The average molecular weight is 669 g/mol. The highest BCUT2D eigenvalue weighted by Gasteiger charge is 2.42. The fourth-order valence-corrected chi connectivity index (χ4v) is 7.23. The third-order valence-corrected chi connectivity index (χ3v) is 9.74. The van der Waals surface area contributed by atoms with Gasteiger partial charge >= 0.3 is 0 Å². The Morgan fingerprint density at radius 3 is 1.82 bits per heavy atom. The van der Waals surface area contributed by atoms with E-state index in [4.69, 9.17) is 20.4 Å². The second-order valence-electron chi connectivity index (χ2n) is 12.9. The molecule has 0 aliphatic heterocycles. The molecule has 8 heteroatoms. The molecule has 8 nitrogen and oxygen atoms in total. The summed E-state index contributed by atoms with van der Waals surface area (Å²) in [4.78, 5) is 4.75. The van der Waals surface area contributed by atoms with Crippen molar-refractivity contribution in [3.63, 3.8) is 0 Å². The van der Waals surface area contributed by atoms with Gasteiger partial charge in [0.25, 0.3) is 0 Å². The molecule has 0 bridgehead atoms. The highest BCUT2D eigenvalue weighted by Crippen LogP contribution is 2.43. The second-order valence-corrected chi connectivity index (χ2v) is 12.9. The summed E-state index contributed by atoms with van der Waals surface area (Å²) in [7, 11) is 0. The topological polar surface area (TPSA) is 78.7 Å². The van der Waals surface area contributed by atoms with E-state index in [1.807, 2.05) is 27.5 Å². The standard InChI is InChI=1S/C43H40N8/c1-3-5-23-37-30-41-44-40(4-2)46-51(41)49(37)31-32-26-28-33(29-27-32)38-24-15-16-25-39(38)42-45-47-48-50(42)43(34-17-9-6-10-18-34,35-19-11-7-12-20-35)36-21-13-8-14-22-36/h6-22,24-30H,3-5,23,31H2,1-2H3. The van der Waals surface area contributed by atoms with Gasteiger partial charge in [-0.15, -0.1) is 10.2 Å². The fourth-order valence-electron chi connectivity index (χ4n) is 7.23. The molecule has 51 heavy (non-hydrogen) atoms. The van der Waals surface area contributed by atoms with Gasteiger partial charge in [0.1, 0.15) is 5.54 Å². The zero-order valence-electron chi connectivity index (χ0n) is 29.0. The Labute approximate surface area is 298 Å². The quantitative estimate of drug-likeness (QED) is 0.122. The number of fused-ring (bicyclic) bond motifs is 1. The average Bonchev–Trinajstić information content (AvgIpc) is 3.92. The van der Waals surface area contributed by atoms with Crippen LogP contribution in [0.2, 0.25) is 0 Å². The summed E-state index contributed by atoms with van der Waals surface area (Å²) >= 11 is 0. The first-order chi connectivity index (χ1) is 25.2. The molecule has 0 aliphatic rings. The molecular formula is C43H40N8. The van der Waals surface area contributed by atoms with Gasteiger partial charge in [0.2, 0.25) is 0 Å². The molecule has 8 aromatic rings. The first kappa shape index (κ1) is 32.1. The second kappa shape index (κ2) is 14.0. The number of nitrogens with zero attached hydrogens (tertiary/aromatic N) is 8. The molecule has 0 spiro atoms. The van der Waals surface area contributed by atoms with Gasteiger partial charge < -0.3 is 0 Å². The van der Waals surface area contributed by atoms with Crippen LogP contribution in [-0.4, -0.2) is 39.6 Å². The lowest BCUT2D eigenvalue weighted by Crippen LogP contribution is -2.39. The predicted octanol–water partition coefficient (Wildman–Crippen LogP) is 8.64. The van der Waals surface area contributed by atoms with Gasteiger partial charge in [-0.25, -0.2) is 9.67 Å². The molecule has 0 fully saturated rings. The van der Waals surface area contributed by atoms with Crippen molar-refractivity contribution in [2.45, 2.75) is 51.6 Å². The van der Waals surface area contributed by atoms with Crippen LogP contribution in [0.25, 0.3) is 28.2 Å². The van der Waals surface area contributed by atoms with Crippen LogP contribution in [0, 0.1) is 0 Å². The van der Waals surface area contributed by atoms with E-state index < -0.39 is 5.54 Å². The van der Waals surface area contributed by atoms with Crippen LogP contribution in [-0.2, 0) is 24.9 Å². The van der Waals surface area contributed by atoms with E-state index in [2.05, 4.69) is 151 Å². The summed E-state index contributed by atoms with van der Waals surface area (Å²) in [5.74, 6) is 1.55. The Hall–Kier alpha value is -6.15. The largest absolute Gasteiger partial charge is 0.263 e. The van der Waals surface area contributed by atoms with Gasteiger partial charge in [0.05, 0.1) is 6.54 Å². The molecule has 0 aliphatic carbocycles. The predicted molar refractivity (Wildman–Crippen MR) is 201 cm³/mol. The van der Waals surface area contributed by atoms with Gasteiger partial charge in [0.15, 0.2) is 17.3 Å². The minimum Gasteiger partial charge on any atom is -0.263 e. The van der Waals surface area contributed by atoms with Crippen molar-refractivity contribution in [3.05, 3.63) is 179 Å². The number of hydrogen-bond acceptors (Lipinski definition) is 5. The SMILES string of the molecule is CCCCc1cc2nc(CC)nn2n1Cc1ccc(-c2ccccc2-c2nnnn2C(c2ccccc2)(c2ccccc2)c2ccccc2)cc1. The van der Waals surface area contributed by atoms with Crippen molar-refractivity contribution in [2.75, 3.05) is 0 Å². The first-order valence-electron chi connectivity index (χ1n) is 17.8. The molecule has 0 amide bonds. The Kier molecular flexibility index (Phi) is 8.80. The number of aryl methyl sites for hydroxylation is 2. The minimum atomic E-state index is -0.837. The van der Waals surface area contributed by atoms with Crippen LogP contribution >= 0.6 is 0 Å². The van der Waals surface area contributed by atoms with Crippen molar-refractivity contribution in [2.24, 2.45) is 0 Å². The lowest BCUT2D eigenvalue weighted by Gasteiger charge is -2.36. The summed E-state index contributed by atoms with van der Waals surface area (Å²) in [5, 5.41) is 18.7. The number of aromatic nitrogens is 8. The van der Waals surface area contributed by atoms with Crippen LogP contribution in [0.1, 0.15) is 60.5 Å². The van der Waals surface area contributed by atoms with Crippen LogP contribution in [0.3, 0.4) is 0 Å². The first-order valence-corrected chi connectivity index (χ1v) is 17.8. The molecular weight excluding hydrogens is 629 g/mol. The molecule has 0 unspecified atom stereocenters. The third-order valence-electron chi connectivity index (χ3n) is 9.74. The van der Waals surface area contributed by atoms with E-state index in [9.17, 15) is 0 Å². The number of rotatable bonds is 12. The maximum atomic E-state index is 4.80. The van der Waals surface area contributed by atoms with Crippen molar-refractivity contribution in [3.8, 4) is 22.5 Å². The zero-order chi connectivity index (χ0) is 34.6. The van der Waals surface area contributed by atoms with Crippen LogP contribution in [0.5, 0.6) is 0 Å². The molecule has 0 N–H and O–H groups in total. The highest BCUT2D eigenvalue weighted by atomic mass is 15.6. The Morgan fingerprint density at radius 2 is 1.24 bits per heavy atom. The van der Waals surface area contributed by atoms with Crippen LogP contribution < -0.4 is 0 Å².